The van der Waals surface area contributed by atoms with Crippen molar-refractivity contribution in [3.8, 4) is 11.5 Å². The lowest BCUT2D eigenvalue weighted by atomic mass is 10.0. The topological polar surface area (TPSA) is 97.4 Å². The van der Waals surface area contributed by atoms with Crippen molar-refractivity contribution >= 4 is 21.7 Å². The summed E-state index contributed by atoms with van der Waals surface area (Å²) in [5, 5.41) is 2.87. The Hall–Kier alpha value is -2.82. The molecule has 4 rings (SSSR count). The highest BCUT2D eigenvalue weighted by molar-refractivity contribution is 7.89. The maximum absolute atomic E-state index is 13.5. The number of sulfonamides is 1. The number of anilines is 1. The van der Waals surface area contributed by atoms with E-state index in [1.165, 1.54) is 30.7 Å². The van der Waals surface area contributed by atoms with Crippen molar-refractivity contribution in [1.82, 2.24) is 9.21 Å². The van der Waals surface area contributed by atoms with Crippen LogP contribution in [0.3, 0.4) is 0 Å². The first-order valence-electron chi connectivity index (χ1n) is 10.4. The van der Waals surface area contributed by atoms with Crippen LogP contribution in [0.15, 0.2) is 53.4 Å². The van der Waals surface area contributed by atoms with Gasteiger partial charge in [-0.05, 0) is 24.3 Å². The van der Waals surface area contributed by atoms with Crippen molar-refractivity contribution in [3.05, 3.63) is 48.5 Å². The Morgan fingerprint density at radius 2 is 1.69 bits per heavy atom. The molecule has 2 heterocycles. The second-order valence-electron chi connectivity index (χ2n) is 7.67. The fraction of sp³-hybridized carbons (Fsp3) is 0.409. The first kappa shape index (κ1) is 22.4. The predicted octanol–water partition coefficient (Wildman–Crippen LogP) is 2.75. The zero-order chi connectivity index (χ0) is 22.8. The number of para-hydroxylation sites is 1. The van der Waals surface area contributed by atoms with Crippen molar-refractivity contribution in [2.75, 3.05) is 45.8 Å². The molecule has 1 spiro atoms. The molecule has 1 N–H and O–H groups in total. The summed E-state index contributed by atoms with van der Waals surface area (Å²) in [6.07, 6.45) is 0.781. The first-order chi connectivity index (χ1) is 15.4. The number of nitrogens with one attached hydrogen (secondary N) is 1. The summed E-state index contributed by atoms with van der Waals surface area (Å²) in [6, 6.07) is 13.6. The van der Waals surface area contributed by atoms with Crippen LogP contribution in [0.2, 0.25) is 0 Å². The molecule has 0 atom stereocenters. The molecule has 0 aromatic heterocycles. The molecule has 2 aromatic rings. The van der Waals surface area contributed by atoms with E-state index in [2.05, 4.69) is 5.32 Å². The molecule has 172 valence electrons. The van der Waals surface area contributed by atoms with Crippen LogP contribution in [0.5, 0.6) is 11.5 Å². The van der Waals surface area contributed by atoms with Crippen LogP contribution in [-0.4, -0.2) is 69.8 Å². The molecular formula is C22H27N3O6S. The molecule has 0 bridgehead atoms. The Bertz CT molecular complexity index is 1070. The molecule has 0 aliphatic carbocycles. The number of urea groups is 1. The Morgan fingerprint density at radius 1 is 1.00 bits per heavy atom. The van der Waals surface area contributed by atoms with Crippen molar-refractivity contribution in [3.63, 3.8) is 0 Å². The number of ether oxygens (including phenoxy) is 3. The number of amides is 2. The number of methoxy groups -OCH3 is 2. The van der Waals surface area contributed by atoms with Gasteiger partial charge in [-0.2, -0.15) is 4.31 Å². The van der Waals surface area contributed by atoms with E-state index in [1.54, 1.807) is 11.0 Å². The number of nitrogens with zero attached hydrogens (tertiary/aromatic N) is 2. The Kier molecular flexibility index (Phi) is 6.27. The normalized spacial score (nSPS) is 18.5. The zero-order valence-corrected chi connectivity index (χ0v) is 18.9. The van der Waals surface area contributed by atoms with E-state index < -0.39 is 15.7 Å². The van der Waals surface area contributed by atoms with Crippen LogP contribution in [0, 0.1) is 0 Å². The highest BCUT2D eigenvalue weighted by atomic mass is 32.2. The van der Waals surface area contributed by atoms with E-state index in [0.29, 0.717) is 49.7 Å². The van der Waals surface area contributed by atoms with Crippen molar-refractivity contribution < 1.29 is 27.4 Å². The average Bonchev–Trinajstić information content (AvgIpc) is 3.23. The van der Waals surface area contributed by atoms with E-state index in [-0.39, 0.29) is 17.5 Å². The Labute approximate surface area is 187 Å². The smallest absolute Gasteiger partial charge is 0.321 e. The van der Waals surface area contributed by atoms with Gasteiger partial charge < -0.3 is 24.4 Å². The van der Waals surface area contributed by atoms with Crippen molar-refractivity contribution in [2.24, 2.45) is 0 Å². The summed E-state index contributed by atoms with van der Waals surface area (Å²) in [7, 11) is -0.877. The molecule has 0 saturated carbocycles. The number of piperidine rings is 1. The van der Waals surface area contributed by atoms with Crippen LogP contribution >= 0.6 is 0 Å². The largest absolute Gasteiger partial charge is 0.493 e. The molecular weight excluding hydrogens is 434 g/mol. The highest BCUT2D eigenvalue weighted by Crippen LogP contribution is 2.39. The van der Waals surface area contributed by atoms with Gasteiger partial charge in [0, 0.05) is 44.2 Å². The molecule has 9 nitrogen and oxygen atoms in total. The zero-order valence-electron chi connectivity index (χ0n) is 18.1. The maximum Gasteiger partial charge on any atom is 0.321 e. The summed E-state index contributed by atoms with van der Waals surface area (Å²) >= 11 is 0. The van der Waals surface area contributed by atoms with E-state index in [0.717, 1.165) is 0 Å². The SMILES string of the molecule is COc1ccc(S(=O)(=O)N2CCOC23CCN(C(=O)Nc2ccccc2)CC3)cc1OC. The third-order valence-electron chi connectivity index (χ3n) is 5.92. The van der Waals surface area contributed by atoms with Crippen LogP contribution < -0.4 is 14.8 Å². The molecule has 2 aliphatic heterocycles. The molecule has 2 fully saturated rings. The quantitative estimate of drug-likeness (QED) is 0.735. The average molecular weight is 462 g/mol. The van der Waals surface area contributed by atoms with E-state index in [9.17, 15) is 13.2 Å². The molecule has 2 amide bonds. The third-order valence-corrected chi connectivity index (χ3v) is 7.86. The number of rotatable bonds is 5. The third kappa shape index (κ3) is 4.13. The summed E-state index contributed by atoms with van der Waals surface area (Å²) in [6.45, 7) is 1.34. The first-order valence-corrected chi connectivity index (χ1v) is 11.8. The highest BCUT2D eigenvalue weighted by Gasteiger charge is 2.51. The summed E-state index contributed by atoms with van der Waals surface area (Å²) in [5.41, 5.74) is -0.247. The molecule has 0 radical (unpaired) electrons. The molecule has 2 aromatic carbocycles. The number of likely N-dealkylation sites (tertiary alicyclic amines) is 1. The molecule has 32 heavy (non-hydrogen) atoms. The van der Waals surface area contributed by atoms with Gasteiger partial charge in [0.2, 0.25) is 10.0 Å². The van der Waals surface area contributed by atoms with Gasteiger partial charge in [-0.25, -0.2) is 13.2 Å². The van der Waals surface area contributed by atoms with Gasteiger partial charge in [0.05, 0.1) is 25.7 Å². The van der Waals surface area contributed by atoms with Gasteiger partial charge in [0.15, 0.2) is 11.5 Å². The minimum Gasteiger partial charge on any atom is -0.493 e. The fourth-order valence-electron chi connectivity index (χ4n) is 4.21. The van der Waals surface area contributed by atoms with E-state index in [1.807, 2.05) is 30.3 Å². The Balaban J connectivity index is 1.49. The minimum absolute atomic E-state index is 0.115. The minimum atomic E-state index is -3.84. The standard InChI is InChI=1S/C22H27N3O6S/c1-29-19-9-8-18(16-20(19)30-2)32(27,28)25-14-15-31-22(25)10-12-24(13-11-22)21(26)23-17-6-4-3-5-7-17/h3-9,16H,10-15H2,1-2H3,(H,23,26). The summed E-state index contributed by atoms with van der Waals surface area (Å²) < 4.78 is 44.9. The number of benzene rings is 2. The summed E-state index contributed by atoms with van der Waals surface area (Å²) in [5.74, 6) is 0.798. The van der Waals surface area contributed by atoms with Gasteiger partial charge >= 0.3 is 6.03 Å². The lowest BCUT2D eigenvalue weighted by Gasteiger charge is -2.42. The lowest BCUT2D eigenvalue weighted by Crippen LogP contribution is -2.56. The van der Waals surface area contributed by atoms with Gasteiger partial charge in [0.25, 0.3) is 0 Å². The number of carbonyl (C=O) groups is 1. The van der Waals surface area contributed by atoms with E-state index >= 15 is 0 Å². The van der Waals surface area contributed by atoms with Crippen molar-refractivity contribution in [1.29, 1.82) is 0 Å². The second-order valence-corrected chi connectivity index (χ2v) is 9.53. The van der Waals surface area contributed by atoms with Crippen LogP contribution in [-0.2, 0) is 14.8 Å². The number of hydrogen-bond donors (Lipinski definition) is 1. The van der Waals surface area contributed by atoms with Gasteiger partial charge in [-0.3, -0.25) is 0 Å². The van der Waals surface area contributed by atoms with Gasteiger partial charge in [0.1, 0.15) is 5.72 Å². The molecule has 0 unspecified atom stereocenters. The lowest BCUT2D eigenvalue weighted by molar-refractivity contribution is -0.0840. The van der Waals surface area contributed by atoms with Gasteiger partial charge in [-0.15, -0.1) is 0 Å². The maximum atomic E-state index is 13.5. The number of hydrogen-bond acceptors (Lipinski definition) is 6. The summed E-state index contributed by atoms with van der Waals surface area (Å²) in [4.78, 5) is 14.4. The van der Waals surface area contributed by atoms with Crippen LogP contribution in [0.1, 0.15) is 12.8 Å². The monoisotopic (exact) mass is 461 g/mol. The van der Waals surface area contributed by atoms with Crippen molar-refractivity contribution in [2.45, 2.75) is 23.5 Å². The molecule has 2 saturated heterocycles. The van der Waals surface area contributed by atoms with Crippen LogP contribution in [0.4, 0.5) is 10.5 Å². The van der Waals surface area contributed by atoms with Crippen LogP contribution in [0.25, 0.3) is 0 Å². The molecule has 2 aliphatic rings. The fourth-order valence-corrected chi connectivity index (χ4v) is 5.95. The van der Waals surface area contributed by atoms with E-state index in [4.69, 9.17) is 14.2 Å². The Morgan fingerprint density at radius 3 is 2.34 bits per heavy atom. The molecule has 10 heteroatoms. The van der Waals surface area contributed by atoms with Gasteiger partial charge in [-0.1, -0.05) is 18.2 Å². The predicted molar refractivity (Wildman–Crippen MR) is 118 cm³/mol. The second kappa shape index (κ2) is 8.97. The number of carbonyl (C=O) groups excluding carboxylic acids is 1.